The molecule has 0 aliphatic heterocycles. The first-order valence-electron chi connectivity index (χ1n) is 4.91. The van der Waals surface area contributed by atoms with E-state index in [0.29, 0.717) is 19.6 Å². The summed E-state index contributed by atoms with van der Waals surface area (Å²) in [4.78, 5) is 0.0831. The third kappa shape index (κ3) is 4.56. The van der Waals surface area contributed by atoms with E-state index in [1.807, 2.05) is 0 Å². The molecule has 0 radical (unpaired) electrons. The fourth-order valence-corrected chi connectivity index (χ4v) is 3.30. The van der Waals surface area contributed by atoms with E-state index < -0.39 is 10.0 Å². The summed E-state index contributed by atoms with van der Waals surface area (Å²) < 4.78 is 31.8. The molecule has 1 aromatic carbocycles. The normalized spacial score (nSPS) is 11.7. The smallest absolute Gasteiger partial charge is 0.242 e. The van der Waals surface area contributed by atoms with Crippen LogP contribution in [0.5, 0.6) is 0 Å². The van der Waals surface area contributed by atoms with Crippen molar-refractivity contribution in [3.8, 4) is 0 Å². The van der Waals surface area contributed by atoms with Crippen LogP contribution in [0.25, 0.3) is 0 Å². The lowest BCUT2D eigenvalue weighted by molar-refractivity contribution is 0.196. The lowest BCUT2D eigenvalue weighted by atomic mass is 10.4. The topological polar surface area (TPSA) is 55.4 Å². The van der Waals surface area contributed by atoms with Crippen molar-refractivity contribution in [2.45, 2.75) is 11.3 Å². The Labute approximate surface area is 114 Å². The summed E-state index contributed by atoms with van der Waals surface area (Å²) in [6.45, 7) is 0.832. The number of ether oxygens (including phenoxy) is 1. The van der Waals surface area contributed by atoms with E-state index >= 15 is 0 Å². The second-order valence-corrected chi connectivity index (χ2v) is 6.38. The summed E-state index contributed by atoms with van der Waals surface area (Å²) in [5.41, 5.74) is 0. The van der Waals surface area contributed by atoms with Crippen molar-refractivity contribution >= 4 is 37.6 Å². The SMILES string of the molecule is COCCCNS(=O)(=O)c1ccc(Br)cc1Cl. The first-order valence-corrected chi connectivity index (χ1v) is 7.56. The van der Waals surface area contributed by atoms with Crippen molar-refractivity contribution in [1.29, 1.82) is 0 Å². The second kappa shape index (κ2) is 6.70. The number of rotatable bonds is 6. The monoisotopic (exact) mass is 341 g/mol. The molecule has 1 rings (SSSR count). The van der Waals surface area contributed by atoms with Crippen LogP contribution in [0, 0.1) is 0 Å². The maximum atomic E-state index is 11.9. The average Bonchev–Trinajstić information content (AvgIpc) is 2.24. The predicted octanol–water partition coefficient (Wildman–Crippen LogP) is 2.42. The Morgan fingerprint density at radius 1 is 1.47 bits per heavy atom. The third-order valence-electron chi connectivity index (χ3n) is 2.00. The molecule has 0 unspecified atom stereocenters. The first kappa shape index (κ1) is 14.9. The lowest BCUT2D eigenvalue weighted by Crippen LogP contribution is -2.25. The van der Waals surface area contributed by atoms with E-state index in [1.54, 1.807) is 19.2 Å². The van der Waals surface area contributed by atoms with Crippen molar-refractivity contribution in [2.75, 3.05) is 20.3 Å². The van der Waals surface area contributed by atoms with E-state index in [-0.39, 0.29) is 9.92 Å². The van der Waals surface area contributed by atoms with E-state index in [2.05, 4.69) is 20.7 Å². The molecule has 0 saturated carbocycles. The largest absolute Gasteiger partial charge is 0.385 e. The Kier molecular flexibility index (Phi) is 5.88. The molecular formula is C10H13BrClNO3S. The summed E-state index contributed by atoms with van der Waals surface area (Å²) in [6.07, 6.45) is 0.615. The quantitative estimate of drug-likeness (QED) is 0.808. The fourth-order valence-electron chi connectivity index (χ4n) is 1.19. The summed E-state index contributed by atoms with van der Waals surface area (Å²) in [6, 6.07) is 4.64. The molecule has 0 aliphatic rings. The van der Waals surface area contributed by atoms with Gasteiger partial charge in [0.05, 0.1) is 5.02 Å². The molecule has 0 heterocycles. The molecule has 0 amide bonds. The van der Waals surface area contributed by atoms with Gasteiger partial charge in [0.25, 0.3) is 0 Å². The van der Waals surface area contributed by atoms with Crippen LogP contribution in [0.15, 0.2) is 27.6 Å². The predicted molar refractivity (Wildman–Crippen MR) is 70.8 cm³/mol. The summed E-state index contributed by atoms with van der Waals surface area (Å²) in [5, 5.41) is 0.193. The third-order valence-corrected chi connectivity index (χ3v) is 4.44. The number of nitrogens with one attached hydrogen (secondary N) is 1. The van der Waals surface area contributed by atoms with Crippen molar-refractivity contribution in [3.63, 3.8) is 0 Å². The summed E-state index contributed by atoms with van der Waals surface area (Å²) in [7, 11) is -1.98. The molecule has 7 heteroatoms. The van der Waals surface area contributed by atoms with Gasteiger partial charge in [0.2, 0.25) is 10.0 Å². The molecule has 0 saturated heterocycles. The molecule has 0 spiro atoms. The zero-order chi connectivity index (χ0) is 12.9. The number of sulfonamides is 1. The number of halogens is 2. The van der Waals surface area contributed by atoms with Crippen LogP contribution in [0.4, 0.5) is 0 Å². The minimum absolute atomic E-state index is 0.0831. The number of benzene rings is 1. The van der Waals surface area contributed by atoms with Gasteiger partial charge in [-0.3, -0.25) is 0 Å². The van der Waals surface area contributed by atoms with Crippen LogP contribution in [0.3, 0.4) is 0 Å². The van der Waals surface area contributed by atoms with Gasteiger partial charge in [-0.25, -0.2) is 13.1 Å². The van der Waals surface area contributed by atoms with Crippen LogP contribution in [-0.2, 0) is 14.8 Å². The fraction of sp³-hybridized carbons (Fsp3) is 0.400. The van der Waals surface area contributed by atoms with E-state index in [1.165, 1.54) is 6.07 Å². The van der Waals surface area contributed by atoms with E-state index in [4.69, 9.17) is 16.3 Å². The molecule has 0 bridgehead atoms. The Morgan fingerprint density at radius 3 is 2.76 bits per heavy atom. The minimum atomic E-state index is -3.55. The van der Waals surface area contributed by atoms with Gasteiger partial charge in [0.1, 0.15) is 4.90 Å². The van der Waals surface area contributed by atoms with Crippen molar-refractivity contribution in [2.24, 2.45) is 0 Å². The van der Waals surface area contributed by atoms with Crippen molar-refractivity contribution in [3.05, 3.63) is 27.7 Å². The van der Waals surface area contributed by atoms with Crippen LogP contribution in [0.2, 0.25) is 5.02 Å². The van der Waals surface area contributed by atoms with Gasteiger partial charge >= 0.3 is 0 Å². The van der Waals surface area contributed by atoms with Crippen LogP contribution in [-0.4, -0.2) is 28.7 Å². The van der Waals surface area contributed by atoms with Gasteiger partial charge in [0, 0.05) is 24.7 Å². The van der Waals surface area contributed by atoms with Gasteiger partial charge < -0.3 is 4.74 Å². The highest BCUT2D eigenvalue weighted by atomic mass is 79.9. The summed E-state index contributed by atoms with van der Waals surface area (Å²) in [5.74, 6) is 0. The second-order valence-electron chi connectivity index (χ2n) is 3.32. The van der Waals surface area contributed by atoms with Crippen LogP contribution >= 0.6 is 27.5 Å². The molecule has 0 atom stereocenters. The van der Waals surface area contributed by atoms with Crippen molar-refractivity contribution < 1.29 is 13.2 Å². The molecule has 17 heavy (non-hydrogen) atoms. The molecular weight excluding hydrogens is 330 g/mol. The Hall–Kier alpha value is -0.140. The minimum Gasteiger partial charge on any atom is -0.385 e. The first-order chi connectivity index (χ1) is 7.97. The van der Waals surface area contributed by atoms with Gasteiger partial charge in [0.15, 0.2) is 0 Å². The number of hydrogen-bond acceptors (Lipinski definition) is 3. The Balaban J connectivity index is 2.76. The molecule has 4 nitrogen and oxygen atoms in total. The lowest BCUT2D eigenvalue weighted by Gasteiger charge is -2.08. The zero-order valence-electron chi connectivity index (χ0n) is 9.24. The highest BCUT2D eigenvalue weighted by Crippen LogP contribution is 2.24. The molecule has 0 aromatic heterocycles. The zero-order valence-corrected chi connectivity index (χ0v) is 12.4. The number of hydrogen-bond donors (Lipinski definition) is 1. The van der Waals surface area contributed by atoms with E-state index in [9.17, 15) is 8.42 Å². The molecule has 0 fully saturated rings. The van der Waals surface area contributed by atoms with E-state index in [0.717, 1.165) is 4.47 Å². The van der Waals surface area contributed by atoms with Gasteiger partial charge in [-0.1, -0.05) is 27.5 Å². The number of methoxy groups -OCH3 is 1. The van der Waals surface area contributed by atoms with Gasteiger partial charge in [-0.15, -0.1) is 0 Å². The highest BCUT2D eigenvalue weighted by Gasteiger charge is 2.17. The molecule has 0 aliphatic carbocycles. The van der Waals surface area contributed by atoms with Crippen molar-refractivity contribution in [1.82, 2.24) is 4.72 Å². The maximum absolute atomic E-state index is 11.9. The Bertz CT molecular complexity index is 478. The molecule has 1 N–H and O–H groups in total. The molecule has 1 aromatic rings. The molecule has 96 valence electrons. The van der Waals surface area contributed by atoms with Crippen LogP contribution in [0.1, 0.15) is 6.42 Å². The standard InChI is InChI=1S/C10H13BrClNO3S/c1-16-6-2-5-13-17(14,15)10-4-3-8(11)7-9(10)12/h3-4,7,13H,2,5-6H2,1H3. The Morgan fingerprint density at radius 2 is 2.18 bits per heavy atom. The average molecular weight is 343 g/mol. The van der Waals surface area contributed by atoms with Gasteiger partial charge in [-0.05, 0) is 24.6 Å². The van der Waals surface area contributed by atoms with Crippen LogP contribution < -0.4 is 4.72 Å². The van der Waals surface area contributed by atoms with Gasteiger partial charge in [-0.2, -0.15) is 0 Å². The summed E-state index contributed by atoms with van der Waals surface area (Å²) >= 11 is 9.10. The highest BCUT2D eigenvalue weighted by molar-refractivity contribution is 9.10. The maximum Gasteiger partial charge on any atom is 0.242 e.